The molecule has 50 heavy (non-hydrogen) atoms. The molecule has 0 saturated carbocycles. The van der Waals surface area contributed by atoms with Gasteiger partial charge in [0.15, 0.2) is 12.2 Å². The van der Waals surface area contributed by atoms with Gasteiger partial charge in [0, 0.05) is 20.0 Å². The van der Waals surface area contributed by atoms with Crippen LogP contribution in [0.3, 0.4) is 0 Å². The molecule has 2 aliphatic rings. The Morgan fingerprint density at radius 3 is 1.38 bits per heavy atom. The van der Waals surface area contributed by atoms with Crippen LogP contribution in [-0.2, 0) is 45.1 Å². The Kier molecular flexibility index (Phi) is 12.2. The molecule has 0 spiro atoms. The van der Waals surface area contributed by atoms with Crippen molar-refractivity contribution in [2.24, 2.45) is 0 Å². The molecule has 0 bridgehead atoms. The molecule has 4 aromatic rings. The molecule has 12 heteroatoms. The summed E-state index contributed by atoms with van der Waals surface area (Å²) in [6, 6.07) is 27.9. The van der Waals surface area contributed by atoms with E-state index in [1.165, 1.54) is 0 Å². The van der Waals surface area contributed by atoms with Gasteiger partial charge >= 0.3 is 0 Å². The first-order valence-electron chi connectivity index (χ1n) is 16.3. The van der Waals surface area contributed by atoms with Crippen molar-refractivity contribution < 1.29 is 39.5 Å². The van der Waals surface area contributed by atoms with Gasteiger partial charge in [-0.25, -0.2) is 0 Å². The van der Waals surface area contributed by atoms with Crippen LogP contribution in [0.25, 0.3) is 0 Å². The molecule has 4 aromatic carbocycles. The first kappa shape index (κ1) is 36.8. The lowest BCUT2D eigenvalue weighted by Crippen LogP contribution is -2.57. The molecule has 2 amide bonds. The molecular weight excluding hydrogens is 866 g/mol. The standard InChI is InChI=1S/C38H38I2N2O8/c39-27-15-7-3-11-23(27)19-49-35(37(47)41-31-25-13-5-1-9-21(25)17-29(31)43)33(45)34(46)36(50-20-24-12-4-8-16-28(24)40)38(48)42-32-26-14-6-2-10-22(26)18-30(32)44/h1-16,29-36,43-46H,17-20H2,(H,41,47)(H,42,48)/t29-,30-,31+,32+,33-,34-,35-,36-/m1/s1. The first-order chi connectivity index (χ1) is 24.1. The lowest BCUT2D eigenvalue weighted by Gasteiger charge is -2.32. The Balaban J connectivity index is 1.27. The molecule has 0 unspecified atom stereocenters. The molecule has 0 fully saturated rings. The van der Waals surface area contributed by atoms with Crippen molar-refractivity contribution in [2.45, 2.75) is 74.8 Å². The Morgan fingerprint density at radius 1 is 0.620 bits per heavy atom. The summed E-state index contributed by atoms with van der Waals surface area (Å²) >= 11 is 4.28. The molecule has 0 radical (unpaired) electrons. The number of nitrogens with one attached hydrogen (secondary N) is 2. The number of carbonyl (C=O) groups excluding carboxylic acids is 2. The van der Waals surface area contributed by atoms with Gasteiger partial charge in [0.1, 0.15) is 12.2 Å². The number of hydrogen-bond donors (Lipinski definition) is 6. The number of amides is 2. The summed E-state index contributed by atoms with van der Waals surface area (Å²) in [6.45, 7) is -0.175. The highest BCUT2D eigenvalue weighted by molar-refractivity contribution is 14.1. The van der Waals surface area contributed by atoms with E-state index >= 15 is 0 Å². The van der Waals surface area contributed by atoms with Gasteiger partial charge in [0.05, 0.1) is 37.5 Å². The average Bonchev–Trinajstić information content (AvgIpc) is 3.60. The van der Waals surface area contributed by atoms with E-state index in [1.54, 1.807) is 0 Å². The maximum absolute atomic E-state index is 14.0. The Bertz CT molecular complexity index is 1690. The Morgan fingerprint density at radius 2 is 0.980 bits per heavy atom. The molecule has 0 aliphatic heterocycles. The Labute approximate surface area is 317 Å². The van der Waals surface area contributed by atoms with Crippen LogP contribution >= 0.6 is 45.2 Å². The quantitative estimate of drug-likeness (QED) is 0.111. The molecule has 6 N–H and O–H groups in total. The number of hydrogen-bond acceptors (Lipinski definition) is 8. The SMILES string of the molecule is O=C(N[C@H]1c2ccccc2C[C@H]1O)[C@H](OCc1ccccc1I)[C@H](O)[C@@H](O)[C@@H](OCc1ccccc1I)C(=O)N[C@H]1c2ccccc2C[C@H]1O. The van der Waals surface area contributed by atoms with Crippen molar-refractivity contribution in [3.05, 3.63) is 138 Å². The van der Waals surface area contributed by atoms with Crippen LogP contribution in [0.2, 0.25) is 0 Å². The maximum Gasteiger partial charge on any atom is 0.252 e. The van der Waals surface area contributed by atoms with E-state index in [1.807, 2.05) is 97.1 Å². The fraction of sp³-hybridized carbons (Fsp3) is 0.316. The molecule has 6 rings (SSSR count). The van der Waals surface area contributed by atoms with E-state index in [0.717, 1.165) is 40.5 Å². The smallest absolute Gasteiger partial charge is 0.252 e. The van der Waals surface area contributed by atoms with Gasteiger partial charge in [-0.15, -0.1) is 0 Å². The minimum atomic E-state index is -1.95. The third kappa shape index (κ3) is 8.23. The van der Waals surface area contributed by atoms with E-state index in [0.29, 0.717) is 12.8 Å². The van der Waals surface area contributed by atoms with E-state index in [9.17, 15) is 30.0 Å². The van der Waals surface area contributed by atoms with Crippen molar-refractivity contribution in [1.29, 1.82) is 0 Å². The second-order valence-electron chi connectivity index (χ2n) is 12.5. The molecule has 2 aliphatic carbocycles. The van der Waals surface area contributed by atoms with Crippen LogP contribution in [0.4, 0.5) is 0 Å². The lowest BCUT2D eigenvalue weighted by molar-refractivity contribution is -0.171. The zero-order chi connectivity index (χ0) is 35.4. The summed E-state index contributed by atoms with van der Waals surface area (Å²) in [5, 5.41) is 50.9. The number of rotatable bonds is 13. The van der Waals surface area contributed by atoms with Crippen molar-refractivity contribution in [3.63, 3.8) is 0 Å². The molecule has 0 heterocycles. The van der Waals surface area contributed by atoms with Gasteiger partial charge in [-0.05, 0) is 90.7 Å². The zero-order valence-corrected chi connectivity index (χ0v) is 31.2. The number of carbonyl (C=O) groups is 2. The van der Waals surface area contributed by atoms with Gasteiger partial charge in [-0.2, -0.15) is 0 Å². The highest BCUT2D eigenvalue weighted by atomic mass is 127. The largest absolute Gasteiger partial charge is 0.390 e. The van der Waals surface area contributed by atoms with Gasteiger partial charge in [0.25, 0.3) is 11.8 Å². The fourth-order valence-electron chi connectivity index (χ4n) is 6.57. The van der Waals surface area contributed by atoms with E-state index in [4.69, 9.17) is 9.47 Å². The van der Waals surface area contributed by atoms with Crippen molar-refractivity contribution in [1.82, 2.24) is 10.6 Å². The molecule has 0 aromatic heterocycles. The van der Waals surface area contributed by atoms with Crippen LogP contribution in [0, 0.1) is 7.14 Å². The lowest BCUT2D eigenvalue weighted by atomic mass is 9.99. The first-order valence-corrected chi connectivity index (χ1v) is 18.5. The van der Waals surface area contributed by atoms with E-state index in [-0.39, 0.29) is 13.2 Å². The predicted molar refractivity (Wildman–Crippen MR) is 202 cm³/mol. The number of benzene rings is 4. The van der Waals surface area contributed by atoms with Crippen LogP contribution in [0.5, 0.6) is 0 Å². The minimum absolute atomic E-state index is 0.0875. The second-order valence-corrected chi connectivity index (χ2v) is 14.9. The molecule has 10 nitrogen and oxygen atoms in total. The summed E-state index contributed by atoms with van der Waals surface area (Å²) in [5.74, 6) is -1.56. The van der Waals surface area contributed by atoms with Crippen molar-refractivity contribution >= 4 is 57.0 Å². The predicted octanol–water partition coefficient (Wildman–Crippen LogP) is 3.64. The molecular formula is C38H38I2N2O8. The average molecular weight is 905 g/mol. The van der Waals surface area contributed by atoms with Crippen LogP contribution < -0.4 is 10.6 Å². The number of aliphatic hydroxyl groups excluding tert-OH is 4. The normalized spacial score (nSPS) is 21.8. The Hall–Kier alpha value is -2.96. The monoisotopic (exact) mass is 904 g/mol. The number of aliphatic hydroxyl groups is 4. The van der Waals surface area contributed by atoms with Crippen LogP contribution in [-0.4, -0.2) is 68.9 Å². The topological polar surface area (TPSA) is 158 Å². The van der Waals surface area contributed by atoms with Crippen molar-refractivity contribution in [3.8, 4) is 0 Å². The third-order valence-electron chi connectivity index (χ3n) is 9.24. The summed E-state index contributed by atoms with van der Waals surface area (Å²) in [5.41, 5.74) is 4.76. The van der Waals surface area contributed by atoms with Gasteiger partial charge < -0.3 is 40.5 Å². The van der Waals surface area contributed by atoms with Gasteiger partial charge in [-0.1, -0.05) is 84.9 Å². The second kappa shape index (κ2) is 16.6. The summed E-state index contributed by atoms with van der Waals surface area (Å²) in [4.78, 5) is 28.0. The van der Waals surface area contributed by atoms with Gasteiger partial charge in [-0.3, -0.25) is 9.59 Å². The minimum Gasteiger partial charge on any atom is -0.390 e. The van der Waals surface area contributed by atoms with Crippen LogP contribution in [0.1, 0.15) is 45.5 Å². The summed E-state index contributed by atoms with van der Waals surface area (Å²) < 4.78 is 13.9. The molecule has 0 saturated heterocycles. The van der Waals surface area contributed by atoms with Gasteiger partial charge in [0.2, 0.25) is 0 Å². The van der Waals surface area contributed by atoms with E-state index < -0.39 is 60.5 Å². The molecule has 262 valence electrons. The molecule has 8 atom stereocenters. The van der Waals surface area contributed by atoms with Crippen LogP contribution in [0.15, 0.2) is 97.1 Å². The highest BCUT2D eigenvalue weighted by Gasteiger charge is 2.44. The fourth-order valence-corrected chi connectivity index (χ4v) is 7.66. The summed E-state index contributed by atoms with van der Waals surface area (Å²) in [6.07, 6.45) is -8.39. The van der Waals surface area contributed by atoms with Crippen molar-refractivity contribution in [2.75, 3.05) is 0 Å². The number of fused-ring (bicyclic) bond motifs is 2. The number of ether oxygens (including phenoxy) is 2. The number of halogens is 2. The third-order valence-corrected chi connectivity index (χ3v) is 11.3. The van der Waals surface area contributed by atoms with E-state index in [2.05, 4.69) is 55.8 Å². The zero-order valence-electron chi connectivity index (χ0n) is 26.9. The maximum atomic E-state index is 14.0. The highest BCUT2D eigenvalue weighted by Crippen LogP contribution is 2.33. The summed E-state index contributed by atoms with van der Waals surface area (Å²) in [7, 11) is 0.